The molecule has 31 heavy (non-hydrogen) atoms. The smallest absolute Gasteiger partial charge is 0.260 e. The molecule has 2 aromatic carbocycles. The van der Waals surface area contributed by atoms with Gasteiger partial charge in [0.1, 0.15) is 10.7 Å². The number of carbonyl (C=O) groups excluding carboxylic acids is 1. The lowest BCUT2D eigenvalue weighted by Crippen LogP contribution is -2.31. The summed E-state index contributed by atoms with van der Waals surface area (Å²) >= 11 is 7.39. The number of nitrogens with one attached hydrogen (secondary N) is 2. The second-order valence-corrected chi connectivity index (χ2v) is 8.73. The van der Waals surface area contributed by atoms with Gasteiger partial charge in [-0.05, 0) is 43.8 Å². The van der Waals surface area contributed by atoms with Gasteiger partial charge in [0.2, 0.25) is 5.91 Å². The second kappa shape index (κ2) is 9.01. The fourth-order valence-corrected chi connectivity index (χ4v) is 4.40. The number of nitrogens with zero attached hydrogens (tertiary/aromatic N) is 2. The van der Waals surface area contributed by atoms with Crippen molar-refractivity contribution in [1.82, 2.24) is 14.9 Å². The van der Waals surface area contributed by atoms with Gasteiger partial charge in [-0.3, -0.25) is 14.5 Å². The number of H-pyrrole nitrogens is 1. The summed E-state index contributed by atoms with van der Waals surface area (Å²) in [6.45, 7) is 2.52. The molecule has 2 aromatic heterocycles. The third-order valence-electron chi connectivity index (χ3n) is 4.82. The van der Waals surface area contributed by atoms with Crippen molar-refractivity contribution in [1.29, 1.82) is 0 Å². The quantitative estimate of drug-likeness (QED) is 0.445. The van der Waals surface area contributed by atoms with Crippen molar-refractivity contribution in [3.8, 4) is 11.1 Å². The second-order valence-electron chi connectivity index (χ2n) is 7.44. The molecule has 0 aliphatic heterocycles. The predicted octanol–water partition coefficient (Wildman–Crippen LogP) is 4.68. The third kappa shape index (κ3) is 5.02. The molecule has 0 aliphatic rings. The van der Waals surface area contributed by atoms with Crippen LogP contribution in [0.25, 0.3) is 21.3 Å². The van der Waals surface area contributed by atoms with Crippen molar-refractivity contribution in [2.24, 2.45) is 0 Å². The molecule has 4 aromatic rings. The highest BCUT2D eigenvalue weighted by Gasteiger charge is 2.15. The summed E-state index contributed by atoms with van der Waals surface area (Å²) < 4.78 is 0. The Labute approximate surface area is 188 Å². The number of anilines is 1. The van der Waals surface area contributed by atoms with Crippen molar-refractivity contribution < 1.29 is 4.79 Å². The van der Waals surface area contributed by atoms with Gasteiger partial charge in [-0.15, -0.1) is 11.3 Å². The highest BCUT2D eigenvalue weighted by atomic mass is 35.5. The lowest BCUT2D eigenvalue weighted by Gasteiger charge is -2.15. The van der Waals surface area contributed by atoms with Gasteiger partial charge < -0.3 is 10.3 Å². The molecule has 2 heterocycles. The van der Waals surface area contributed by atoms with E-state index >= 15 is 0 Å². The first-order valence-electron chi connectivity index (χ1n) is 9.70. The molecule has 0 spiro atoms. The number of aryl methyl sites for hydroxylation is 1. The van der Waals surface area contributed by atoms with Crippen LogP contribution in [0.1, 0.15) is 11.4 Å². The molecule has 0 unspecified atom stereocenters. The first kappa shape index (κ1) is 21.2. The minimum absolute atomic E-state index is 0.129. The van der Waals surface area contributed by atoms with Crippen LogP contribution in [0, 0.1) is 6.92 Å². The lowest BCUT2D eigenvalue weighted by molar-refractivity contribution is -0.117. The van der Waals surface area contributed by atoms with Crippen molar-refractivity contribution in [2.75, 3.05) is 18.9 Å². The number of hydrogen-bond acceptors (Lipinski definition) is 5. The zero-order valence-electron chi connectivity index (χ0n) is 17.1. The van der Waals surface area contributed by atoms with E-state index in [9.17, 15) is 9.59 Å². The number of carbonyl (C=O) groups is 1. The molecule has 2 N–H and O–H groups in total. The van der Waals surface area contributed by atoms with Gasteiger partial charge in [0.05, 0.1) is 18.5 Å². The number of aromatic amines is 1. The fourth-order valence-electron chi connectivity index (χ4n) is 3.30. The summed E-state index contributed by atoms with van der Waals surface area (Å²) in [5.41, 5.74) is 3.45. The largest absolute Gasteiger partial charge is 0.325 e. The van der Waals surface area contributed by atoms with Crippen LogP contribution in [0.15, 0.2) is 58.7 Å². The molecular formula is C23H21ClN4O2S. The van der Waals surface area contributed by atoms with Crippen LogP contribution in [0.4, 0.5) is 5.69 Å². The van der Waals surface area contributed by atoms with Crippen molar-refractivity contribution >= 4 is 44.7 Å². The number of amides is 1. The SMILES string of the molecule is Cc1ccc(NC(=O)CN(C)Cc2nc3scc(-c4ccc(Cl)cc4)c3c(=O)[nH]2)cc1. The van der Waals surface area contributed by atoms with E-state index in [2.05, 4.69) is 15.3 Å². The molecule has 0 bridgehead atoms. The zero-order chi connectivity index (χ0) is 22.0. The van der Waals surface area contributed by atoms with Crippen molar-refractivity contribution in [3.05, 3.63) is 80.7 Å². The predicted molar refractivity (Wildman–Crippen MR) is 127 cm³/mol. The molecule has 0 saturated carbocycles. The topological polar surface area (TPSA) is 78.1 Å². The number of aromatic nitrogens is 2. The molecule has 0 radical (unpaired) electrons. The molecular weight excluding hydrogens is 432 g/mol. The van der Waals surface area contributed by atoms with E-state index in [-0.39, 0.29) is 18.0 Å². The van der Waals surface area contributed by atoms with Gasteiger partial charge in [0, 0.05) is 21.7 Å². The van der Waals surface area contributed by atoms with Gasteiger partial charge in [-0.25, -0.2) is 4.98 Å². The first-order valence-corrected chi connectivity index (χ1v) is 11.0. The summed E-state index contributed by atoms with van der Waals surface area (Å²) in [6, 6.07) is 15.0. The molecule has 0 atom stereocenters. The minimum Gasteiger partial charge on any atom is -0.325 e. The Hall–Kier alpha value is -3.00. The third-order valence-corrected chi connectivity index (χ3v) is 5.94. The summed E-state index contributed by atoms with van der Waals surface area (Å²) in [5.74, 6) is 0.392. The molecule has 0 fully saturated rings. The van der Waals surface area contributed by atoms with E-state index in [4.69, 9.17) is 11.6 Å². The molecule has 0 aliphatic carbocycles. The highest BCUT2D eigenvalue weighted by Crippen LogP contribution is 2.31. The van der Waals surface area contributed by atoms with Crippen molar-refractivity contribution in [2.45, 2.75) is 13.5 Å². The average molecular weight is 453 g/mol. The zero-order valence-corrected chi connectivity index (χ0v) is 18.7. The molecule has 4 rings (SSSR count). The van der Waals surface area contributed by atoms with Crippen LogP contribution < -0.4 is 10.9 Å². The maximum atomic E-state index is 12.8. The molecule has 1 amide bonds. The van der Waals surface area contributed by atoms with Crippen LogP contribution in [0.5, 0.6) is 0 Å². The minimum atomic E-state index is -0.191. The van der Waals surface area contributed by atoms with E-state index in [0.29, 0.717) is 27.6 Å². The standard InChI is InChI=1S/C23H21ClN4O2S/c1-14-3-9-17(10-4-14)25-20(29)12-28(2)11-19-26-22(30)21-18(13-31-23(21)27-19)15-5-7-16(24)8-6-15/h3-10,13H,11-12H2,1-2H3,(H,25,29)(H,26,27,30). The lowest BCUT2D eigenvalue weighted by atomic mass is 10.1. The highest BCUT2D eigenvalue weighted by molar-refractivity contribution is 7.17. The number of hydrogen-bond donors (Lipinski definition) is 2. The Kier molecular flexibility index (Phi) is 6.18. The van der Waals surface area contributed by atoms with Crippen LogP contribution in [0.2, 0.25) is 5.02 Å². The number of benzene rings is 2. The maximum Gasteiger partial charge on any atom is 0.260 e. The summed E-state index contributed by atoms with van der Waals surface area (Å²) in [6.07, 6.45) is 0. The number of thiophene rings is 1. The van der Waals surface area contributed by atoms with E-state index in [0.717, 1.165) is 22.4 Å². The summed E-state index contributed by atoms with van der Waals surface area (Å²) in [7, 11) is 1.81. The molecule has 6 nitrogen and oxygen atoms in total. The normalized spacial score (nSPS) is 11.2. The van der Waals surface area contributed by atoms with Gasteiger partial charge in [0.15, 0.2) is 0 Å². The van der Waals surface area contributed by atoms with Crippen LogP contribution in [-0.4, -0.2) is 34.4 Å². The molecule has 158 valence electrons. The summed E-state index contributed by atoms with van der Waals surface area (Å²) in [5, 5.41) is 6.01. The van der Waals surface area contributed by atoms with Crippen LogP contribution in [0.3, 0.4) is 0 Å². The van der Waals surface area contributed by atoms with Gasteiger partial charge in [0.25, 0.3) is 5.56 Å². The first-order chi connectivity index (χ1) is 14.9. The Balaban J connectivity index is 1.47. The molecule has 0 saturated heterocycles. The van der Waals surface area contributed by atoms with E-state index in [1.54, 1.807) is 17.0 Å². The number of rotatable bonds is 6. The Bertz CT molecular complexity index is 1280. The number of fused-ring (bicyclic) bond motifs is 1. The Morgan fingerprint density at radius 1 is 1.16 bits per heavy atom. The monoisotopic (exact) mass is 452 g/mol. The maximum absolute atomic E-state index is 12.8. The van der Waals surface area contributed by atoms with Crippen molar-refractivity contribution in [3.63, 3.8) is 0 Å². The average Bonchev–Trinajstić information content (AvgIpc) is 3.14. The van der Waals surface area contributed by atoms with Crippen LogP contribution >= 0.6 is 22.9 Å². The van der Waals surface area contributed by atoms with E-state index in [1.165, 1.54) is 11.3 Å². The van der Waals surface area contributed by atoms with Gasteiger partial charge in [-0.2, -0.15) is 0 Å². The van der Waals surface area contributed by atoms with E-state index in [1.807, 2.05) is 55.7 Å². The number of likely N-dealkylation sites (N-methyl/N-ethyl adjacent to an activating group) is 1. The Morgan fingerprint density at radius 2 is 1.87 bits per heavy atom. The Morgan fingerprint density at radius 3 is 2.58 bits per heavy atom. The van der Waals surface area contributed by atoms with Gasteiger partial charge in [-0.1, -0.05) is 41.4 Å². The van der Waals surface area contributed by atoms with Crippen LogP contribution in [-0.2, 0) is 11.3 Å². The summed E-state index contributed by atoms with van der Waals surface area (Å²) in [4.78, 5) is 35.0. The van der Waals surface area contributed by atoms with E-state index < -0.39 is 0 Å². The molecule has 8 heteroatoms. The van der Waals surface area contributed by atoms with Gasteiger partial charge >= 0.3 is 0 Å². The number of halogens is 1. The fraction of sp³-hybridized carbons (Fsp3) is 0.174.